The van der Waals surface area contributed by atoms with Crippen LogP contribution in [0.5, 0.6) is 5.75 Å². The lowest BCUT2D eigenvalue weighted by atomic mass is 9.52. The quantitative estimate of drug-likeness (QED) is 0.271. The highest BCUT2D eigenvalue weighted by Gasteiger charge is 2.54. The van der Waals surface area contributed by atoms with Gasteiger partial charge in [0.25, 0.3) is 0 Å². The van der Waals surface area contributed by atoms with Crippen LogP contribution in [0, 0.1) is 23.6 Å². The van der Waals surface area contributed by atoms with Crippen molar-refractivity contribution in [2.45, 2.75) is 57.1 Å². The van der Waals surface area contributed by atoms with Gasteiger partial charge in [-0.15, -0.1) is 0 Å². The number of benzene rings is 1. The molecular weight excluding hydrogens is 513 g/mol. The zero-order valence-electron chi connectivity index (χ0n) is 19.5. The predicted molar refractivity (Wildman–Crippen MR) is 137 cm³/mol. The molecule has 9 heteroatoms. The number of hydrogen-bond donors (Lipinski definition) is 4. The number of fused-ring (bicyclic) bond motifs is 1. The van der Waals surface area contributed by atoms with E-state index in [1.165, 1.54) is 12.1 Å². The zero-order valence-corrected chi connectivity index (χ0v) is 21.1. The second kappa shape index (κ2) is 8.20. The fourth-order valence-electron chi connectivity index (χ4n) is 6.93. The Kier molecular flexibility index (Phi) is 5.34. The third-order valence-corrected chi connectivity index (χ3v) is 8.64. The summed E-state index contributed by atoms with van der Waals surface area (Å²) in [7, 11) is 0. The maximum Gasteiger partial charge on any atom is 0.166 e. The smallest absolute Gasteiger partial charge is 0.166 e. The Bertz CT molecular complexity index is 1340. The molecule has 2 aromatic heterocycles. The molecule has 2 unspecified atom stereocenters. The molecule has 184 valence electrons. The molecule has 35 heavy (non-hydrogen) atoms. The molecule has 5 N–H and O–H groups in total. The van der Waals surface area contributed by atoms with Crippen molar-refractivity contribution in [3.8, 4) is 5.75 Å². The zero-order chi connectivity index (χ0) is 24.5. The van der Waals surface area contributed by atoms with Crippen molar-refractivity contribution < 1.29 is 14.6 Å². The van der Waals surface area contributed by atoms with E-state index in [0.29, 0.717) is 41.0 Å². The van der Waals surface area contributed by atoms with Crippen LogP contribution in [-0.4, -0.2) is 37.3 Å². The molecule has 2 heterocycles. The Morgan fingerprint density at radius 3 is 2.71 bits per heavy atom. The van der Waals surface area contributed by atoms with Crippen molar-refractivity contribution in [3.05, 3.63) is 52.0 Å². The van der Waals surface area contributed by atoms with Crippen molar-refractivity contribution >= 4 is 38.7 Å². The molecule has 3 aromatic rings. The highest BCUT2D eigenvalue weighted by Crippen LogP contribution is 2.56. The summed E-state index contributed by atoms with van der Waals surface area (Å²) >= 11 is 3.55. The minimum Gasteiger partial charge on any atom is -0.505 e. The predicted octanol–water partition coefficient (Wildman–Crippen LogP) is 4.89. The van der Waals surface area contributed by atoms with E-state index in [4.69, 9.17) is 5.73 Å². The monoisotopic (exact) mass is 541 g/mol. The molecule has 4 aliphatic carbocycles. The van der Waals surface area contributed by atoms with Gasteiger partial charge in [0.05, 0.1) is 34.3 Å². The first kappa shape index (κ1) is 22.8. The molecule has 2 atom stereocenters. The molecule has 0 aliphatic heterocycles. The van der Waals surface area contributed by atoms with E-state index < -0.39 is 17.2 Å². The number of phenols is 1. The second-order valence-corrected chi connectivity index (χ2v) is 11.5. The minimum absolute atomic E-state index is 0.224. The van der Waals surface area contributed by atoms with Gasteiger partial charge in [-0.2, -0.15) is 5.10 Å². The first-order valence-corrected chi connectivity index (χ1v) is 13.0. The number of nitrogens with one attached hydrogen (secondary N) is 1. The van der Waals surface area contributed by atoms with E-state index in [0.717, 1.165) is 47.8 Å². The Hall–Kier alpha value is -2.65. The van der Waals surface area contributed by atoms with Gasteiger partial charge < -0.3 is 21.3 Å². The van der Waals surface area contributed by atoms with E-state index in [1.807, 2.05) is 19.2 Å². The average Bonchev–Trinajstić information content (AvgIpc) is 3.17. The normalized spacial score (nSPS) is 29.8. The maximum absolute atomic E-state index is 14.1. The van der Waals surface area contributed by atoms with Crippen molar-refractivity contribution in [1.29, 1.82) is 0 Å². The number of aromatic nitrogens is 2. The van der Waals surface area contributed by atoms with Gasteiger partial charge >= 0.3 is 0 Å². The van der Waals surface area contributed by atoms with Gasteiger partial charge in [-0.1, -0.05) is 6.92 Å². The number of aryl methyl sites for hydroxylation is 1. The minimum atomic E-state index is -0.734. The number of anilines is 1. The SMILES string of the molecule is CCc1cc(O)c(F)cc1/N=C(\N)c1cnn2cc(Br)cc2c1NC1C2CC3CC1CC(O)(C3)C2. The first-order chi connectivity index (χ1) is 16.7. The summed E-state index contributed by atoms with van der Waals surface area (Å²) in [6.07, 6.45) is 9.01. The number of aliphatic imine (C=N–C) groups is 1. The number of nitrogens with zero attached hydrogens (tertiary/aromatic N) is 3. The largest absolute Gasteiger partial charge is 0.505 e. The number of halogens is 2. The van der Waals surface area contributed by atoms with Crippen molar-refractivity contribution in [1.82, 2.24) is 9.61 Å². The number of phenolic OH excluding ortho intramolecular Hbond substituents is 1. The Labute approximate surface area is 211 Å². The van der Waals surface area contributed by atoms with E-state index in [-0.39, 0.29) is 11.9 Å². The number of aliphatic hydroxyl groups is 1. The van der Waals surface area contributed by atoms with Gasteiger partial charge in [0, 0.05) is 22.8 Å². The molecule has 1 aromatic carbocycles. The van der Waals surface area contributed by atoms with Crippen molar-refractivity contribution in [3.63, 3.8) is 0 Å². The fourth-order valence-corrected chi connectivity index (χ4v) is 7.34. The van der Waals surface area contributed by atoms with Crippen LogP contribution in [0.1, 0.15) is 50.2 Å². The second-order valence-electron chi connectivity index (χ2n) is 10.6. The average molecular weight is 542 g/mol. The van der Waals surface area contributed by atoms with Gasteiger partial charge in [0.15, 0.2) is 11.6 Å². The van der Waals surface area contributed by atoms with E-state index >= 15 is 0 Å². The summed E-state index contributed by atoms with van der Waals surface area (Å²) in [4.78, 5) is 4.57. The molecule has 0 amide bonds. The third-order valence-electron chi connectivity index (χ3n) is 8.20. The number of nitrogens with two attached hydrogens (primary N) is 1. The van der Waals surface area contributed by atoms with Crippen LogP contribution in [0.15, 0.2) is 40.1 Å². The van der Waals surface area contributed by atoms with Crippen molar-refractivity contribution in [2.75, 3.05) is 5.32 Å². The van der Waals surface area contributed by atoms with Crippen LogP contribution < -0.4 is 11.1 Å². The number of aromatic hydroxyl groups is 1. The summed E-state index contributed by atoms with van der Waals surface area (Å²) in [5, 5.41) is 29.1. The van der Waals surface area contributed by atoms with Crippen LogP contribution in [0.25, 0.3) is 5.52 Å². The summed E-state index contributed by atoms with van der Waals surface area (Å²) < 4.78 is 16.8. The van der Waals surface area contributed by atoms with Crippen LogP contribution >= 0.6 is 15.9 Å². The highest BCUT2D eigenvalue weighted by atomic mass is 79.9. The van der Waals surface area contributed by atoms with Crippen LogP contribution in [-0.2, 0) is 6.42 Å². The first-order valence-electron chi connectivity index (χ1n) is 12.2. The topological polar surface area (TPSA) is 108 Å². The lowest BCUT2D eigenvalue weighted by molar-refractivity contribution is -0.129. The Balaban J connectivity index is 1.43. The standard InChI is InChI=1S/C26H29BrFN5O2/c1-2-14-5-22(34)19(28)7-20(14)31-25(29)18-11-30-33-12-17(27)6-21(33)24(18)32-23-15-3-13-4-16(23)10-26(35,8-13)9-15/h5-7,11-13,15-16,23,32,34-35H,2-4,8-10H2,1H3,(H2,29,31). The summed E-state index contributed by atoms with van der Waals surface area (Å²) in [6, 6.07) is 4.83. The molecule has 7 rings (SSSR count). The molecule has 0 saturated heterocycles. The number of amidine groups is 1. The number of rotatable bonds is 5. The Morgan fingerprint density at radius 2 is 2.03 bits per heavy atom. The summed E-state index contributed by atoms with van der Waals surface area (Å²) in [5.41, 5.74) is 9.47. The molecule has 4 fully saturated rings. The van der Waals surface area contributed by atoms with Gasteiger partial charge in [-0.05, 0) is 89.9 Å². The highest BCUT2D eigenvalue weighted by molar-refractivity contribution is 9.10. The molecule has 7 nitrogen and oxygen atoms in total. The van der Waals surface area contributed by atoms with Gasteiger partial charge in [-0.3, -0.25) is 0 Å². The molecule has 4 aliphatic rings. The third kappa shape index (κ3) is 3.89. The lowest BCUT2D eigenvalue weighted by Crippen LogP contribution is -2.59. The van der Waals surface area contributed by atoms with Crippen molar-refractivity contribution in [2.24, 2.45) is 28.5 Å². The van der Waals surface area contributed by atoms with Gasteiger partial charge in [-0.25, -0.2) is 13.9 Å². The molecule has 0 radical (unpaired) electrons. The van der Waals surface area contributed by atoms with Crippen LogP contribution in [0.2, 0.25) is 0 Å². The van der Waals surface area contributed by atoms with E-state index in [2.05, 4.69) is 31.3 Å². The van der Waals surface area contributed by atoms with Gasteiger partial charge in [0.2, 0.25) is 0 Å². The lowest BCUT2D eigenvalue weighted by Gasteiger charge is -2.58. The van der Waals surface area contributed by atoms with Crippen LogP contribution in [0.4, 0.5) is 15.8 Å². The molecule has 0 spiro atoms. The van der Waals surface area contributed by atoms with E-state index in [9.17, 15) is 14.6 Å². The van der Waals surface area contributed by atoms with Crippen LogP contribution in [0.3, 0.4) is 0 Å². The molecular formula is C26H29BrFN5O2. The Morgan fingerprint density at radius 1 is 1.29 bits per heavy atom. The summed E-state index contributed by atoms with van der Waals surface area (Å²) in [6.45, 7) is 1.92. The fraction of sp³-hybridized carbons (Fsp3) is 0.462. The van der Waals surface area contributed by atoms with Gasteiger partial charge in [0.1, 0.15) is 5.84 Å². The number of hydrogen-bond acceptors (Lipinski definition) is 5. The molecule has 4 saturated carbocycles. The summed E-state index contributed by atoms with van der Waals surface area (Å²) in [5.74, 6) is 0.512. The molecule has 4 bridgehead atoms. The van der Waals surface area contributed by atoms with E-state index in [1.54, 1.807) is 10.7 Å². The maximum atomic E-state index is 14.1.